The molecule has 3 aromatic heterocycles. The molecule has 0 radical (unpaired) electrons. The van der Waals surface area contributed by atoms with Gasteiger partial charge in [0, 0.05) is 85.1 Å². The fraction of sp³-hybridized carbons (Fsp3) is 0.250. The third kappa shape index (κ3) is 5.14. The van der Waals surface area contributed by atoms with Crippen molar-refractivity contribution in [3.05, 3.63) is 65.7 Å². The Morgan fingerprint density at radius 3 is 2.43 bits per heavy atom. The zero-order chi connectivity index (χ0) is 26.0. The van der Waals surface area contributed by atoms with Crippen molar-refractivity contribution in [1.29, 1.82) is 0 Å². The molecule has 5 rings (SSSR count). The summed E-state index contributed by atoms with van der Waals surface area (Å²) in [7, 11) is -2.38. The Balaban J connectivity index is 1.25. The fourth-order valence-corrected chi connectivity index (χ4v) is 5.94. The monoisotopic (exact) mass is 542 g/mol. The summed E-state index contributed by atoms with van der Waals surface area (Å²) in [6.07, 6.45) is 5.79. The van der Waals surface area contributed by atoms with Crippen molar-refractivity contribution in [2.24, 2.45) is 0 Å². The van der Waals surface area contributed by atoms with Crippen molar-refractivity contribution in [3.8, 4) is 17.1 Å². The summed E-state index contributed by atoms with van der Waals surface area (Å²) in [4.78, 5) is 29.3. The number of sulfonamides is 1. The van der Waals surface area contributed by atoms with Gasteiger partial charge in [-0.25, -0.2) is 23.2 Å². The van der Waals surface area contributed by atoms with Gasteiger partial charge in [-0.15, -0.1) is 0 Å². The van der Waals surface area contributed by atoms with E-state index in [4.69, 9.17) is 21.1 Å². The van der Waals surface area contributed by atoms with E-state index < -0.39 is 16.1 Å². The molecule has 0 aliphatic carbocycles. The lowest BCUT2D eigenvalue weighted by Gasteiger charge is -2.33. The molecule has 1 saturated heterocycles. The smallest absolute Gasteiger partial charge is 0.380 e. The molecule has 4 heterocycles. The van der Waals surface area contributed by atoms with Gasteiger partial charge in [-0.3, -0.25) is 4.98 Å². The molecule has 11 nitrogen and oxygen atoms in total. The van der Waals surface area contributed by atoms with Crippen LogP contribution in [0.2, 0.25) is 5.02 Å². The number of halogens is 1. The van der Waals surface area contributed by atoms with Gasteiger partial charge in [-0.1, -0.05) is 11.6 Å². The molecule has 0 saturated carbocycles. The summed E-state index contributed by atoms with van der Waals surface area (Å²) < 4.78 is 38.9. The Kier molecular flexibility index (Phi) is 7.07. The maximum absolute atomic E-state index is 13.5. The van der Waals surface area contributed by atoms with Crippen LogP contribution in [0, 0.1) is 0 Å². The molecular formula is C24H23ClN6O5S. The zero-order valence-corrected chi connectivity index (χ0v) is 21.4. The molecule has 0 bridgehead atoms. The van der Waals surface area contributed by atoms with Gasteiger partial charge in [-0.05, 0) is 35.9 Å². The molecule has 0 atom stereocenters. The number of nitrogens with zero attached hydrogens (tertiary/aromatic N) is 5. The van der Waals surface area contributed by atoms with Gasteiger partial charge in [0.2, 0.25) is 0 Å². The number of hydrogen-bond acceptors (Lipinski definition) is 8. The minimum atomic E-state index is -3.88. The summed E-state index contributed by atoms with van der Waals surface area (Å²) in [5, 5.41) is 1.24. The molecule has 1 aliphatic heterocycles. The van der Waals surface area contributed by atoms with E-state index >= 15 is 0 Å². The van der Waals surface area contributed by atoms with Gasteiger partial charge in [0.15, 0.2) is 5.03 Å². The average Bonchev–Trinajstić information content (AvgIpc) is 3.28. The van der Waals surface area contributed by atoms with E-state index in [1.54, 1.807) is 43.0 Å². The first-order valence-corrected chi connectivity index (χ1v) is 13.2. The lowest BCUT2D eigenvalue weighted by Crippen LogP contribution is -2.51. The van der Waals surface area contributed by atoms with E-state index in [1.165, 1.54) is 16.3 Å². The van der Waals surface area contributed by atoms with Crippen molar-refractivity contribution in [3.63, 3.8) is 0 Å². The van der Waals surface area contributed by atoms with Crippen LogP contribution in [0.1, 0.15) is 5.56 Å². The topological polar surface area (TPSA) is 131 Å². The number of H-pyrrole nitrogens is 1. The summed E-state index contributed by atoms with van der Waals surface area (Å²) in [5.74, 6) is 0. The Labute approximate surface area is 218 Å². The normalized spacial score (nSPS) is 14.7. The predicted molar refractivity (Wildman–Crippen MR) is 136 cm³/mol. The van der Waals surface area contributed by atoms with Crippen LogP contribution in [0.3, 0.4) is 0 Å². The van der Waals surface area contributed by atoms with Crippen molar-refractivity contribution < 1.29 is 22.7 Å². The van der Waals surface area contributed by atoms with Gasteiger partial charge < -0.3 is 19.4 Å². The van der Waals surface area contributed by atoms with Crippen LogP contribution in [0.5, 0.6) is 6.01 Å². The van der Waals surface area contributed by atoms with Crippen molar-refractivity contribution in [2.75, 3.05) is 33.3 Å². The number of amides is 1. The van der Waals surface area contributed by atoms with Crippen LogP contribution in [0.15, 0.2) is 60.1 Å². The second kappa shape index (κ2) is 10.4. The van der Waals surface area contributed by atoms with E-state index in [1.807, 2.05) is 12.1 Å². The number of ether oxygens (including phenoxy) is 2. The quantitative estimate of drug-likeness (QED) is 0.392. The molecule has 0 unspecified atom stereocenters. The number of hydrogen-bond donors (Lipinski definition) is 1. The number of rotatable bonds is 6. The maximum Gasteiger partial charge on any atom is 0.417 e. The molecule has 0 spiro atoms. The molecule has 13 heteroatoms. The van der Waals surface area contributed by atoms with Crippen LogP contribution in [-0.4, -0.2) is 76.9 Å². The van der Waals surface area contributed by atoms with Crippen LogP contribution < -0.4 is 4.74 Å². The molecule has 1 fully saturated rings. The fourth-order valence-electron chi connectivity index (χ4n) is 4.15. The molecule has 1 aliphatic rings. The highest BCUT2D eigenvalue weighted by Gasteiger charge is 2.34. The predicted octanol–water partition coefficient (Wildman–Crippen LogP) is 3.33. The molecule has 1 amide bonds. The molecule has 37 heavy (non-hydrogen) atoms. The number of aromatic nitrogens is 4. The number of benzene rings is 1. The highest BCUT2D eigenvalue weighted by atomic mass is 35.5. The molecular weight excluding hydrogens is 520 g/mol. The van der Waals surface area contributed by atoms with Gasteiger partial charge in [-0.2, -0.15) is 4.31 Å². The first-order chi connectivity index (χ1) is 17.9. The van der Waals surface area contributed by atoms with Gasteiger partial charge in [0.1, 0.15) is 0 Å². The standard InChI is InChI=1S/C24H23ClN6O5S/c1-35-15-20-19-12-18(25)2-3-21(19)29-22(20)37(33,34)31-10-8-30(9-11-31)24(32)36-23-27-13-17(14-28-23)16-4-6-26-7-5-16/h2-7,12-14,29H,8-11,15H2,1H3. The number of piperazine rings is 1. The van der Waals surface area contributed by atoms with Crippen molar-refractivity contribution >= 4 is 38.6 Å². The molecule has 1 aromatic carbocycles. The third-order valence-corrected chi connectivity index (χ3v) is 8.18. The first-order valence-electron chi connectivity index (χ1n) is 11.3. The number of nitrogens with one attached hydrogen (secondary N) is 1. The number of carbonyl (C=O) groups is 1. The Morgan fingerprint density at radius 1 is 1.05 bits per heavy atom. The highest BCUT2D eigenvalue weighted by Crippen LogP contribution is 2.31. The van der Waals surface area contributed by atoms with Gasteiger partial charge in [0.05, 0.1) is 6.61 Å². The maximum atomic E-state index is 13.5. The average molecular weight is 543 g/mol. The van der Waals surface area contributed by atoms with Crippen molar-refractivity contribution in [2.45, 2.75) is 11.6 Å². The Bertz CT molecular complexity index is 1520. The molecule has 1 N–H and O–H groups in total. The lowest BCUT2D eigenvalue weighted by molar-refractivity contribution is 0.129. The van der Waals surface area contributed by atoms with Gasteiger partial charge in [0.25, 0.3) is 10.0 Å². The van der Waals surface area contributed by atoms with E-state index in [-0.39, 0.29) is 43.8 Å². The minimum Gasteiger partial charge on any atom is -0.380 e. The van der Waals surface area contributed by atoms with E-state index in [2.05, 4.69) is 19.9 Å². The highest BCUT2D eigenvalue weighted by molar-refractivity contribution is 7.89. The minimum absolute atomic E-state index is 0.0605. The second-order valence-electron chi connectivity index (χ2n) is 8.30. The Hall–Kier alpha value is -3.58. The van der Waals surface area contributed by atoms with Crippen LogP contribution in [-0.2, 0) is 21.4 Å². The van der Waals surface area contributed by atoms with Gasteiger partial charge >= 0.3 is 12.1 Å². The number of carbonyl (C=O) groups excluding carboxylic acids is 1. The molecule has 192 valence electrons. The SMILES string of the molecule is COCc1c(S(=O)(=O)N2CCN(C(=O)Oc3ncc(-c4ccncc4)cn3)CC2)[nH]c2ccc(Cl)cc12. The van der Waals surface area contributed by atoms with Crippen molar-refractivity contribution in [1.82, 2.24) is 29.1 Å². The van der Waals surface area contributed by atoms with Crippen LogP contribution in [0.25, 0.3) is 22.0 Å². The second-order valence-corrected chi connectivity index (χ2v) is 10.6. The number of fused-ring (bicyclic) bond motifs is 1. The summed E-state index contributed by atoms with van der Waals surface area (Å²) >= 11 is 6.13. The lowest BCUT2D eigenvalue weighted by atomic mass is 10.1. The number of methoxy groups -OCH3 is 1. The first kappa shape index (κ1) is 25.1. The van der Waals surface area contributed by atoms with E-state index in [9.17, 15) is 13.2 Å². The molecule has 4 aromatic rings. The largest absolute Gasteiger partial charge is 0.417 e. The third-order valence-electron chi connectivity index (χ3n) is 6.03. The van der Waals surface area contributed by atoms with E-state index in [0.717, 1.165) is 11.1 Å². The number of pyridine rings is 1. The number of aromatic amines is 1. The van der Waals surface area contributed by atoms with E-state index in [0.29, 0.717) is 21.5 Å². The Morgan fingerprint density at radius 2 is 1.76 bits per heavy atom. The zero-order valence-electron chi connectivity index (χ0n) is 19.8. The van der Waals surface area contributed by atoms with Crippen LogP contribution >= 0.6 is 11.6 Å². The summed E-state index contributed by atoms with van der Waals surface area (Å²) in [6.45, 7) is 0.600. The summed E-state index contributed by atoms with van der Waals surface area (Å²) in [6, 6.07) is 8.69. The van der Waals surface area contributed by atoms with Crippen LogP contribution in [0.4, 0.5) is 4.79 Å². The summed E-state index contributed by atoms with van der Waals surface area (Å²) in [5.41, 5.74) is 2.80.